The molecular weight excluding hydrogens is 442 g/mol. The maximum atomic E-state index is 4.95. The third-order valence-corrected chi connectivity index (χ3v) is 7.61. The summed E-state index contributed by atoms with van der Waals surface area (Å²) in [6, 6.07) is 15.8. The summed E-state index contributed by atoms with van der Waals surface area (Å²) in [5, 5.41) is 4.71. The zero-order chi connectivity index (χ0) is 24.6. The Morgan fingerprint density at radius 3 is 2.33 bits per heavy atom. The van der Waals surface area contributed by atoms with Crippen LogP contribution >= 0.6 is 0 Å². The minimum atomic E-state index is 0.334. The first-order valence-corrected chi connectivity index (χ1v) is 12.9. The van der Waals surface area contributed by atoms with Crippen LogP contribution in [-0.4, -0.2) is 24.9 Å². The summed E-state index contributed by atoms with van der Waals surface area (Å²) in [6.07, 6.45) is 5.87. The molecule has 178 valence electrons. The number of H-pyrrole nitrogens is 2. The molecule has 0 spiro atoms. The molecule has 6 aromatic rings. The molecule has 0 saturated heterocycles. The van der Waals surface area contributed by atoms with Crippen molar-refractivity contribution in [3.63, 3.8) is 0 Å². The highest BCUT2D eigenvalue weighted by atomic mass is 14.9. The number of pyridine rings is 1. The molecule has 1 aliphatic carbocycles. The van der Waals surface area contributed by atoms with Crippen molar-refractivity contribution in [1.82, 2.24) is 24.9 Å². The number of nitrogens with zero attached hydrogens (tertiary/aromatic N) is 3. The van der Waals surface area contributed by atoms with Crippen molar-refractivity contribution in [1.29, 1.82) is 0 Å². The minimum Gasteiger partial charge on any atom is -0.345 e. The molecule has 0 atom stereocenters. The Balaban J connectivity index is 1.40. The third-order valence-electron chi connectivity index (χ3n) is 7.61. The predicted octanol–water partition coefficient (Wildman–Crippen LogP) is 7.67. The van der Waals surface area contributed by atoms with Crippen LogP contribution in [0.1, 0.15) is 62.4 Å². The molecule has 0 amide bonds. The molecule has 0 bridgehead atoms. The number of aromatic nitrogens is 5. The number of rotatable bonds is 3. The van der Waals surface area contributed by atoms with Gasteiger partial charge in [0.25, 0.3) is 0 Å². The maximum absolute atomic E-state index is 4.95. The molecule has 0 aliphatic heterocycles. The highest BCUT2D eigenvalue weighted by Gasteiger charge is 2.22. The van der Waals surface area contributed by atoms with Gasteiger partial charge in [0.1, 0.15) is 11.6 Å². The Morgan fingerprint density at radius 1 is 0.722 bits per heavy atom. The van der Waals surface area contributed by atoms with Crippen LogP contribution in [0.2, 0.25) is 0 Å². The fraction of sp³-hybridized carbons (Fsp3) is 0.258. The first-order valence-electron chi connectivity index (χ1n) is 12.9. The zero-order valence-electron chi connectivity index (χ0n) is 21.1. The van der Waals surface area contributed by atoms with Gasteiger partial charge in [-0.05, 0) is 52.4 Å². The summed E-state index contributed by atoms with van der Waals surface area (Å²) in [7, 11) is 0. The van der Waals surface area contributed by atoms with E-state index in [1.807, 2.05) is 12.4 Å². The van der Waals surface area contributed by atoms with Crippen LogP contribution in [0.15, 0.2) is 54.9 Å². The molecular formula is C31H29N5. The molecule has 0 saturated carbocycles. The highest BCUT2D eigenvalue weighted by Crippen LogP contribution is 2.39. The summed E-state index contributed by atoms with van der Waals surface area (Å²) >= 11 is 0. The second kappa shape index (κ2) is 7.76. The van der Waals surface area contributed by atoms with E-state index in [9.17, 15) is 0 Å². The van der Waals surface area contributed by atoms with E-state index in [0.717, 1.165) is 46.6 Å². The first kappa shape index (κ1) is 21.3. The molecule has 36 heavy (non-hydrogen) atoms. The van der Waals surface area contributed by atoms with Crippen molar-refractivity contribution in [3.05, 3.63) is 77.8 Å². The Hall–Kier alpha value is -3.99. The van der Waals surface area contributed by atoms with Gasteiger partial charge < -0.3 is 9.97 Å². The van der Waals surface area contributed by atoms with Gasteiger partial charge in [-0.1, -0.05) is 58.0 Å². The average Bonchev–Trinajstić information content (AvgIpc) is 3.54. The Bertz CT molecular complexity index is 1800. The van der Waals surface area contributed by atoms with Gasteiger partial charge in [-0.2, -0.15) is 0 Å². The van der Waals surface area contributed by atoms with Gasteiger partial charge in [-0.25, -0.2) is 9.97 Å². The summed E-state index contributed by atoms with van der Waals surface area (Å²) in [5.74, 6) is 2.83. The standard InChI is InChI=1S/C31H29N5/c1-16(2)30-33-26-10-7-20-13-18(5-8-21(20)27(26)34-30)19-6-9-23-24(14-19)22-11-12-32-15-25(22)29-28(23)35-31(36-29)17(3)4/h5-6,8-9,11-17H,7,10H2,1-4H3,(H,33,34)(H,35,36). The largest absolute Gasteiger partial charge is 0.345 e. The van der Waals surface area contributed by atoms with Crippen molar-refractivity contribution in [2.24, 2.45) is 0 Å². The predicted molar refractivity (Wildman–Crippen MR) is 148 cm³/mol. The average molecular weight is 472 g/mol. The van der Waals surface area contributed by atoms with E-state index in [2.05, 4.69) is 85.1 Å². The molecule has 0 fully saturated rings. The lowest BCUT2D eigenvalue weighted by Gasteiger charge is -2.17. The number of nitrogens with one attached hydrogen (secondary N) is 2. The molecule has 5 heteroatoms. The lowest BCUT2D eigenvalue weighted by atomic mass is 9.89. The molecule has 0 radical (unpaired) electrons. The number of hydrogen-bond acceptors (Lipinski definition) is 3. The smallest absolute Gasteiger partial charge is 0.109 e. The molecule has 7 rings (SSSR count). The Labute approximate surface area is 210 Å². The fourth-order valence-electron chi connectivity index (χ4n) is 5.62. The van der Waals surface area contributed by atoms with E-state index >= 15 is 0 Å². The lowest BCUT2D eigenvalue weighted by Crippen LogP contribution is -2.03. The van der Waals surface area contributed by atoms with Crippen LogP contribution in [0, 0.1) is 0 Å². The maximum Gasteiger partial charge on any atom is 0.109 e. The zero-order valence-corrected chi connectivity index (χ0v) is 21.1. The van der Waals surface area contributed by atoms with Crippen molar-refractivity contribution >= 4 is 32.6 Å². The van der Waals surface area contributed by atoms with E-state index in [1.165, 1.54) is 44.1 Å². The quantitative estimate of drug-likeness (QED) is 0.260. The van der Waals surface area contributed by atoms with Gasteiger partial charge in [0, 0.05) is 46.3 Å². The number of fused-ring (bicyclic) bond motifs is 9. The molecule has 5 nitrogen and oxygen atoms in total. The number of imidazole rings is 2. The van der Waals surface area contributed by atoms with E-state index in [1.54, 1.807) is 0 Å². The first-order chi connectivity index (χ1) is 17.5. The van der Waals surface area contributed by atoms with Crippen molar-refractivity contribution < 1.29 is 0 Å². The summed E-state index contributed by atoms with van der Waals surface area (Å²) in [4.78, 5) is 21.5. The second-order valence-electron chi connectivity index (χ2n) is 10.7. The second-order valence-corrected chi connectivity index (χ2v) is 10.7. The molecule has 3 aromatic heterocycles. The van der Waals surface area contributed by atoms with Crippen LogP contribution in [-0.2, 0) is 12.8 Å². The number of hydrogen-bond donors (Lipinski definition) is 2. The van der Waals surface area contributed by atoms with E-state index in [-0.39, 0.29) is 0 Å². The number of benzene rings is 3. The molecule has 1 aliphatic rings. The van der Waals surface area contributed by atoms with Gasteiger partial charge in [-0.3, -0.25) is 4.98 Å². The SMILES string of the molecule is CC(C)c1nc2c([nH]1)CCc1cc(-c3ccc4c(c3)c3ccncc3c3nc(C(C)C)[nH]c43)ccc1-2. The van der Waals surface area contributed by atoms with Gasteiger partial charge in [0.05, 0.1) is 16.7 Å². The van der Waals surface area contributed by atoms with Gasteiger partial charge in [0.2, 0.25) is 0 Å². The fourth-order valence-corrected chi connectivity index (χ4v) is 5.62. The lowest BCUT2D eigenvalue weighted by molar-refractivity contribution is 0.787. The van der Waals surface area contributed by atoms with Gasteiger partial charge in [0.15, 0.2) is 0 Å². The van der Waals surface area contributed by atoms with Gasteiger partial charge >= 0.3 is 0 Å². The molecule has 2 N–H and O–H groups in total. The van der Waals surface area contributed by atoms with E-state index in [0.29, 0.717) is 11.8 Å². The minimum absolute atomic E-state index is 0.334. The van der Waals surface area contributed by atoms with Gasteiger partial charge in [-0.15, -0.1) is 0 Å². The highest BCUT2D eigenvalue weighted by molar-refractivity contribution is 6.23. The number of aryl methyl sites for hydroxylation is 2. The Kier molecular flexibility index (Phi) is 4.59. The molecule has 0 unspecified atom stereocenters. The van der Waals surface area contributed by atoms with Crippen LogP contribution in [0.25, 0.3) is 55.0 Å². The van der Waals surface area contributed by atoms with Crippen LogP contribution in [0.3, 0.4) is 0 Å². The summed E-state index contributed by atoms with van der Waals surface area (Å²) in [5.41, 5.74) is 9.61. The number of aromatic amines is 2. The van der Waals surface area contributed by atoms with E-state index in [4.69, 9.17) is 9.97 Å². The summed E-state index contributed by atoms with van der Waals surface area (Å²) < 4.78 is 0. The third kappa shape index (κ3) is 3.12. The van der Waals surface area contributed by atoms with Crippen LogP contribution in [0.4, 0.5) is 0 Å². The normalized spacial score (nSPS) is 13.3. The topological polar surface area (TPSA) is 70.2 Å². The molecule has 3 heterocycles. The van der Waals surface area contributed by atoms with Crippen LogP contribution in [0.5, 0.6) is 0 Å². The van der Waals surface area contributed by atoms with Crippen molar-refractivity contribution in [2.75, 3.05) is 0 Å². The van der Waals surface area contributed by atoms with Crippen LogP contribution < -0.4 is 0 Å². The van der Waals surface area contributed by atoms with E-state index < -0.39 is 0 Å². The Morgan fingerprint density at radius 2 is 1.50 bits per heavy atom. The monoisotopic (exact) mass is 471 g/mol. The summed E-state index contributed by atoms with van der Waals surface area (Å²) in [6.45, 7) is 8.72. The van der Waals surface area contributed by atoms with Crippen molar-refractivity contribution in [3.8, 4) is 22.4 Å². The van der Waals surface area contributed by atoms with Crippen molar-refractivity contribution in [2.45, 2.75) is 52.4 Å². The molecule has 3 aromatic carbocycles.